The molecule has 0 spiro atoms. The predicted octanol–water partition coefficient (Wildman–Crippen LogP) is 1.26. The standard InChI is InChI=1S/C17H19N7O2/c1-11(17-20-15(22-26-17)13-5-3-4-6-18-13)19-16(25)14-9-12-10-23(2)7-8-24(12)21-14/h3-6,9,11H,7-8,10H2,1-2H3,(H,19,25)/t11-/m1/s1. The van der Waals surface area contributed by atoms with E-state index in [-0.39, 0.29) is 5.91 Å². The molecule has 9 nitrogen and oxygen atoms in total. The van der Waals surface area contributed by atoms with Crippen molar-refractivity contribution in [1.82, 2.24) is 35.1 Å². The van der Waals surface area contributed by atoms with Gasteiger partial charge in [0.2, 0.25) is 11.7 Å². The molecule has 0 unspecified atom stereocenters. The van der Waals surface area contributed by atoms with Crippen molar-refractivity contribution in [3.63, 3.8) is 0 Å². The summed E-state index contributed by atoms with van der Waals surface area (Å²) in [7, 11) is 2.05. The number of amides is 1. The highest BCUT2D eigenvalue weighted by molar-refractivity contribution is 5.92. The molecule has 0 bridgehead atoms. The molecule has 3 aromatic heterocycles. The molecule has 134 valence electrons. The smallest absolute Gasteiger partial charge is 0.272 e. The Morgan fingerprint density at radius 3 is 3.04 bits per heavy atom. The Labute approximate surface area is 150 Å². The van der Waals surface area contributed by atoms with Gasteiger partial charge in [0.15, 0.2) is 5.69 Å². The molecule has 0 aliphatic carbocycles. The first-order chi connectivity index (χ1) is 12.6. The lowest BCUT2D eigenvalue weighted by Gasteiger charge is -2.22. The molecule has 1 N–H and O–H groups in total. The molecule has 1 aliphatic rings. The monoisotopic (exact) mass is 353 g/mol. The number of pyridine rings is 1. The molecule has 1 aliphatic heterocycles. The van der Waals surface area contributed by atoms with E-state index in [0.717, 1.165) is 25.3 Å². The van der Waals surface area contributed by atoms with Crippen LogP contribution in [0.25, 0.3) is 11.5 Å². The van der Waals surface area contributed by atoms with Gasteiger partial charge >= 0.3 is 0 Å². The molecule has 0 saturated heterocycles. The van der Waals surface area contributed by atoms with Crippen LogP contribution in [-0.2, 0) is 13.1 Å². The van der Waals surface area contributed by atoms with Gasteiger partial charge in [0.05, 0.1) is 12.2 Å². The molecular formula is C17H19N7O2. The van der Waals surface area contributed by atoms with Crippen molar-refractivity contribution >= 4 is 5.91 Å². The summed E-state index contributed by atoms with van der Waals surface area (Å²) < 4.78 is 7.15. The van der Waals surface area contributed by atoms with Crippen LogP contribution in [0.2, 0.25) is 0 Å². The fourth-order valence-electron chi connectivity index (χ4n) is 2.85. The van der Waals surface area contributed by atoms with Crippen molar-refractivity contribution in [3.05, 3.63) is 47.7 Å². The van der Waals surface area contributed by atoms with Crippen molar-refractivity contribution in [2.75, 3.05) is 13.6 Å². The first-order valence-electron chi connectivity index (χ1n) is 8.41. The van der Waals surface area contributed by atoms with Crippen LogP contribution in [0, 0.1) is 0 Å². The van der Waals surface area contributed by atoms with Gasteiger partial charge in [-0.1, -0.05) is 11.2 Å². The van der Waals surface area contributed by atoms with Crippen LogP contribution < -0.4 is 5.32 Å². The summed E-state index contributed by atoms with van der Waals surface area (Å²) >= 11 is 0. The summed E-state index contributed by atoms with van der Waals surface area (Å²) in [6.07, 6.45) is 1.66. The van der Waals surface area contributed by atoms with Crippen LogP contribution in [0.1, 0.15) is 35.0 Å². The molecule has 3 aromatic rings. The van der Waals surface area contributed by atoms with Crippen LogP contribution in [0.4, 0.5) is 0 Å². The minimum atomic E-state index is -0.436. The van der Waals surface area contributed by atoms with Gasteiger partial charge in [0.25, 0.3) is 5.91 Å². The summed E-state index contributed by atoms with van der Waals surface area (Å²) in [4.78, 5) is 23.2. The highest BCUT2D eigenvalue weighted by Crippen LogP contribution is 2.17. The fourth-order valence-corrected chi connectivity index (χ4v) is 2.85. The fraction of sp³-hybridized carbons (Fsp3) is 0.353. The molecule has 9 heteroatoms. The molecule has 4 heterocycles. The van der Waals surface area contributed by atoms with Gasteiger partial charge < -0.3 is 9.84 Å². The molecule has 0 aromatic carbocycles. The molecule has 0 fully saturated rings. The van der Waals surface area contributed by atoms with Gasteiger partial charge in [-0.15, -0.1) is 0 Å². The van der Waals surface area contributed by atoms with Crippen molar-refractivity contribution < 1.29 is 9.32 Å². The normalized spacial score (nSPS) is 15.5. The Morgan fingerprint density at radius 1 is 1.35 bits per heavy atom. The van der Waals surface area contributed by atoms with E-state index in [4.69, 9.17) is 4.52 Å². The molecule has 4 rings (SSSR count). The Kier molecular flexibility index (Phi) is 4.21. The van der Waals surface area contributed by atoms with Crippen molar-refractivity contribution in [2.45, 2.75) is 26.1 Å². The largest absolute Gasteiger partial charge is 0.339 e. The van der Waals surface area contributed by atoms with Gasteiger partial charge in [0, 0.05) is 19.3 Å². The van der Waals surface area contributed by atoms with Crippen LogP contribution in [0.5, 0.6) is 0 Å². The highest BCUT2D eigenvalue weighted by atomic mass is 16.5. The lowest BCUT2D eigenvalue weighted by molar-refractivity contribution is 0.0926. The van der Waals surface area contributed by atoms with E-state index in [1.165, 1.54) is 0 Å². The number of carbonyl (C=O) groups is 1. The molecule has 1 atom stereocenters. The number of aromatic nitrogens is 5. The first-order valence-corrected chi connectivity index (χ1v) is 8.41. The second-order valence-corrected chi connectivity index (χ2v) is 6.35. The second-order valence-electron chi connectivity index (χ2n) is 6.35. The number of hydrogen-bond acceptors (Lipinski definition) is 7. The van der Waals surface area contributed by atoms with E-state index in [2.05, 4.69) is 30.4 Å². The molecule has 0 saturated carbocycles. The van der Waals surface area contributed by atoms with E-state index in [1.807, 2.05) is 29.9 Å². The maximum absolute atomic E-state index is 12.5. The van der Waals surface area contributed by atoms with Crippen LogP contribution in [0.3, 0.4) is 0 Å². The minimum Gasteiger partial charge on any atom is -0.339 e. The number of fused-ring (bicyclic) bond motifs is 1. The van der Waals surface area contributed by atoms with Crippen molar-refractivity contribution in [2.24, 2.45) is 0 Å². The first kappa shape index (κ1) is 16.4. The van der Waals surface area contributed by atoms with E-state index in [0.29, 0.717) is 23.1 Å². The third-order valence-corrected chi connectivity index (χ3v) is 4.28. The molecular weight excluding hydrogens is 334 g/mol. The number of hydrogen-bond donors (Lipinski definition) is 1. The third-order valence-electron chi connectivity index (χ3n) is 4.28. The van der Waals surface area contributed by atoms with E-state index in [9.17, 15) is 4.79 Å². The topological polar surface area (TPSA) is 102 Å². The van der Waals surface area contributed by atoms with Gasteiger partial charge in [-0.2, -0.15) is 10.1 Å². The minimum absolute atomic E-state index is 0.264. The van der Waals surface area contributed by atoms with Crippen LogP contribution in [0.15, 0.2) is 35.0 Å². The Morgan fingerprint density at radius 2 is 2.23 bits per heavy atom. The number of rotatable bonds is 4. The number of nitrogens with one attached hydrogen (secondary N) is 1. The summed E-state index contributed by atoms with van der Waals surface area (Å²) in [6, 6.07) is 6.85. The number of nitrogens with zero attached hydrogens (tertiary/aromatic N) is 6. The average Bonchev–Trinajstić information content (AvgIpc) is 3.29. The van der Waals surface area contributed by atoms with Crippen molar-refractivity contribution in [1.29, 1.82) is 0 Å². The van der Waals surface area contributed by atoms with Crippen LogP contribution >= 0.6 is 0 Å². The summed E-state index contributed by atoms with van der Waals surface area (Å²) in [5.74, 6) is 0.449. The summed E-state index contributed by atoms with van der Waals surface area (Å²) in [6.45, 7) is 4.28. The van der Waals surface area contributed by atoms with E-state index < -0.39 is 6.04 Å². The summed E-state index contributed by atoms with van der Waals surface area (Å²) in [5.41, 5.74) is 2.05. The second kappa shape index (κ2) is 6.68. The predicted molar refractivity (Wildman–Crippen MR) is 92.0 cm³/mol. The Bertz CT molecular complexity index is 918. The van der Waals surface area contributed by atoms with Gasteiger partial charge in [-0.3, -0.25) is 19.4 Å². The lowest BCUT2D eigenvalue weighted by Crippen LogP contribution is -2.30. The zero-order valence-corrected chi connectivity index (χ0v) is 14.6. The number of carbonyl (C=O) groups excluding carboxylic acids is 1. The van der Waals surface area contributed by atoms with E-state index >= 15 is 0 Å². The highest BCUT2D eigenvalue weighted by Gasteiger charge is 2.22. The maximum atomic E-state index is 12.5. The van der Waals surface area contributed by atoms with E-state index in [1.54, 1.807) is 19.2 Å². The summed E-state index contributed by atoms with van der Waals surface area (Å²) in [5, 5.41) is 11.2. The maximum Gasteiger partial charge on any atom is 0.272 e. The van der Waals surface area contributed by atoms with Gasteiger partial charge in [-0.25, -0.2) is 0 Å². The zero-order valence-electron chi connectivity index (χ0n) is 14.6. The lowest BCUT2D eigenvalue weighted by atomic mass is 10.2. The number of likely N-dealkylation sites (N-methyl/N-ethyl adjacent to an activating group) is 1. The molecule has 1 amide bonds. The Hall–Kier alpha value is -3.07. The average molecular weight is 353 g/mol. The quantitative estimate of drug-likeness (QED) is 0.753. The molecule has 0 radical (unpaired) electrons. The van der Waals surface area contributed by atoms with Gasteiger partial charge in [-0.05, 0) is 32.2 Å². The van der Waals surface area contributed by atoms with Gasteiger partial charge in [0.1, 0.15) is 11.7 Å². The van der Waals surface area contributed by atoms with Crippen LogP contribution in [-0.4, -0.2) is 49.3 Å². The third kappa shape index (κ3) is 3.21. The molecule has 26 heavy (non-hydrogen) atoms. The van der Waals surface area contributed by atoms with Crippen molar-refractivity contribution in [3.8, 4) is 11.5 Å². The SMILES string of the molecule is C[C@@H](NC(=O)c1cc2n(n1)CCN(C)C2)c1nc(-c2ccccn2)no1. The Balaban J connectivity index is 1.46. The zero-order chi connectivity index (χ0) is 18.1.